The van der Waals surface area contributed by atoms with Gasteiger partial charge in [0.05, 0.1) is 18.3 Å². The first kappa shape index (κ1) is 14.8. The van der Waals surface area contributed by atoms with Gasteiger partial charge in [0, 0.05) is 31.4 Å². The molecule has 1 aromatic carbocycles. The van der Waals surface area contributed by atoms with Gasteiger partial charge in [0.1, 0.15) is 0 Å². The number of amides is 1. The summed E-state index contributed by atoms with van der Waals surface area (Å²) in [6.07, 6.45) is 1.70. The molecule has 116 valence electrons. The van der Waals surface area contributed by atoms with Gasteiger partial charge in [-0.1, -0.05) is 30.3 Å². The van der Waals surface area contributed by atoms with Gasteiger partial charge < -0.3 is 10.2 Å². The van der Waals surface area contributed by atoms with E-state index in [0.717, 1.165) is 25.3 Å². The van der Waals surface area contributed by atoms with Gasteiger partial charge in [-0.2, -0.15) is 5.10 Å². The third kappa shape index (κ3) is 2.90. The number of nitrogens with one attached hydrogen (secondary N) is 1. The number of rotatable bonds is 3. The Morgan fingerprint density at radius 3 is 2.86 bits per heavy atom. The minimum Gasteiger partial charge on any atom is -0.333 e. The standard InChI is InChI=1S/C17H22N4O/c1-13-10-18-8-9-20(13)17(22)16-11-19-21(14(16)2)12-15-6-4-3-5-7-15/h3-7,11,13,18H,8-10,12H2,1-2H3. The van der Waals surface area contributed by atoms with Gasteiger partial charge in [-0.25, -0.2) is 0 Å². The highest BCUT2D eigenvalue weighted by Gasteiger charge is 2.26. The number of benzene rings is 1. The highest BCUT2D eigenvalue weighted by molar-refractivity contribution is 5.95. The van der Waals surface area contributed by atoms with Crippen molar-refractivity contribution in [3.8, 4) is 0 Å². The average molecular weight is 298 g/mol. The highest BCUT2D eigenvalue weighted by Crippen LogP contribution is 2.15. The lowest BCUT2D eigenvalue weighted by Crippen LogP contribution is -2.52. The minimum atomic E-state index is 0.0887. The zero-order chi connectivity index (χ0) is 15.5. The molecule has 3 rings (SSSR count). The number of aromatic nitrogens is 2. The predicted octanol–water partition coefficient (Wildman–Crippen LogP) is 1.67. The highest BCUT2D eigenvalue weighted by atomic mass is 16.2. The molecule has 1 saturated heterocycles. The number of carbonyl (C=O) groups is 1. The molecule has 1 aliphatic heterocycles. The Morgan fingerprint density at radius 2 is 2.14 bits per heavy atom. The van der Waals surface area contributed by atoms with Crippen LogP contribution in [-0.4, -0.2) is 46.3 Å². The lowest BCUT2D eigenvalue weighted by molar-refractivity contribution is 0.0655. The molecular weight excluding hydrogens is 276 g/mol. The first-order valence-electron chi connectivity index (χ1n) is 7.75. The van der Waals surface area contributed by atoms with E-state index in [0.29, 0.717) is 12.1 Å². The molecule has 0 aliphatic carbocycles. The average Bonchev–Trinajstić information content (AvgIpc) is 2.89. The van der Waals surface area contributed by atoms with Crippen molar-refractivity contribution in [3.05, 3.63) is 53.3 Å². The van der Waals surface area contributed by atoms with Crippen LogP contribution in [0.5, 0.6) is 0 Å². The summed E-state index contributed by atoms with van der Waals surface area (Å²) in [5.41, 5.74) is 2.83. The Hall–Kier alpha value is -2.14. The van der Waals surface area contributed by atoms with Crippen LogP contribution in [0.25, 0.3) is 0 Å². The molecule has 0 saturated carbocycles. The Bertz CT molecular complexity index is 650. The summed E-state index contributed by atoms with van der Waals surface area (Å²) in [7, 11) is 0. The van der Waals surface area contributed by atoms with Crippen molar-refractivity contribution in [1.29, 1.82) is 0 Å². The minimum absolute atomic E-state index is 0.0887. The summed E-state index contributed by atoms with van der Waals surface area (Å²) < 4.78 is 1.90. The van der Waals surface area contributed by atoms with Crippen LogP contribution in [0.2, 0.25) is 0 Å². The molecule has 1 amide bonds. The van der Waals surface area contributed by atoms with E-state index < -0.39 is 0 Å². The van der Waals surface area contributed by atoms with E-state index in [9.17, 15) is 4.79 Å². The molecule has 22 heavy (non-hydrogen) atoms. The number of piperazine rings is 1. The van der Waals surface area contributed by atoms with Gasteiger partial charge >= 0.3 is 0 Å². The molecular formula is C17H22N4O. The van der Waals surface area contributed by atoms with Gasteiger partial charge in [0.25, 0.3) is 5.91 Å². The fourth-order valence-electron chi connectivity index (χ4n) is 2.87. The van der Waals surface area contributed by atoms with Crippen LogP contribution in [0.1, 0.15) is 28.5 Å². The second-order valence-electron chi connectivity index (χ2n) is 5.84. The molecule has 2 heterocycles. The summed E-state index contributed by atoms with van der Waals surface area (Å²) in [4.78, 5) is 14.7. The third-order valence-electron chi connectivity index (χ3n) is 4.27. The maximum Gasteiger partial charge on any atom is 0.257 e. The van der Waals surface area contributed by atoms with E-state index >= 15 is 0 Å². The van der Waals surface area contributed by atoms with E-state index in [2.05, 4.69) is 29.5 Å². The largest absolute Gasteiger partial charge is 0.333 e. The molecule has 0 spiro atoms. The van der Waals surface area contributed by atoms with Crippen molar-refractivity contribution in [2.45, 2.75) is 26.4 Å². The number of nitrogens with zero attached hydrogens (tertiary/aromatic N) is 3. The van der Waals surface area contributed by atoms with E-state index in [1.165, 1.54) is 5.56 Å². The van der Waals surface area contributed by atoms with Crippen molar-refractivity contribution in [3.63, 3.8) is 0 Å². The van der Waals surface area contributed by atoms with Crippen molar-refractivity contribution in [2.75, 3.05) is 19.6 Å². The SMILES string of the molecule is Cc1c(C(=O)N2CCNCC2C)cnn1Cc1ccccc1. The normalized spacial score (nSPS) is 18.5. The molecule has 1 aliphatic rings. The first-order chi connectivity index (χ1) is 10.7. The van der Waals surface area contributed by atoms with Crippen LogP contribution in [0, 0.1) is 6.92 Å². The summed E-state index contributed by atoms with van der Waals surface area (Å²) in [5.74, 6) is 0.0887. The maximum atomic E-state index is 12.7. The van der Waals surface area contributed by atoms with Crippen LogP contribution >= 0.6 is 0 Å². The molecule has 2 aromatic rings. The Kier molecular flexibility index (Phi) is 4.24. The fraction of sp³-hybridized carbons (Fsp3) is 0.412. The Balaban J connectivity index is 1.79. The third-order valence-corrected chi connectivity index (χ3v) is 4.27. The van der Waals surface area contributed by atoms with Crippen molar-refractivity contribution in [2.24, 2.45) is 0 Å². The second kappa shape index (κ2) is 6.32. The van der Waals surface area contributed by atoms with Gasteiger partial charge in [-0.3, -0.25) is 9.48 Å². The van der Waals surface area contributed by atoms with Crippen LogP contribution in [0.15, 0.2) is 36.5 Å². The molecule has 5 heteroatoms. The molecule has 5 nitrogen and oxygen atoms in total. The summed E-state index contributed by atoms with van der Waals surface area (Å²) >= 11 is 0. The zero-order valence-corrected chi connectivity index (χ0v) is 13.1. The van der Waals surface area contributed by atoms with Crippen LogP contribution in [0.4, 0.5) is 0 Å². The van der Waals surface area contributed by atoms with Crippen molar-refractivity contribution >= 4 is 5.91 Å². The number of hydrogen-bond acceptors (Lipinski definition) is 3. The molecule has 1 N–H and O–H groups in total. The number of hydrogen-bond donors (Lipinski definition) is 1. The van der Waals surface area contributed by atoms with E-state index in [1.807, 2.05) is 34.7 Å². The summed E-state index contributed by atoms with van der Waals surface area (Å²) in [5, 5.41) is 7.71. The fourth-order valence-corrected chi connectivity index (χ4v) is 2.87. The zero-order valence-electron chi connectivity index (χ0n) is 13.1. The van der Waals surface area contributed by atoms with Crippen molar-refractivity contribution < 1.29 is 4.79 Å². The van der Waals surface area contributed by atoms with Gasteiger partial charge in [0.15, 0.2) is 0 Å². The molecule has 0 bridgehead atoms. The van der Waals surface area contributed by atoms with E-state index in [1.54, 1.807) is 6.20 Å². The topological polar surface area (TPSA) is 50.2 Å². The van der Waals surface area contributed by atoms with Crippen LogP contribution in [-0.2, 0) is 6.54 Å². The maximum absolute atomic E-state index is 12.7. The molecule has 1 aromatic heterocycles. The molecule has 0 radical (unpaired) electrons. The molecule has 1 atom stereocenters. The van der Waals surface area contributed by atoms with Gasteiger partial charge in [-0.15, -0.1) is 0 Å². The smallest absolute Gasteiger partial charge is 0.257 e. The Labute approximate surface area is 130 Å². The van der Waals surface area contributed by atoms with Gasteiger partial charge in [0.2, 0.25) is 0 Å². The monoisotopic (exact) mass is 298 g/mol. The Morgan fingerprint density at radius 1 is 1.36 bits per heavy atom. The van der Waals surface area contributed by atoms with E-state index in [4.69, 9.17) is 0 Å². The van der Waals surface area contributed by atoms with Crippen LogP contribution < -0.4 is 5.32 Å². The quantitative estimate of drug-likeness (QED) is 0.938. The second-order valence-corrected chi connectivity index (χ2v) is 5.84. The van der Waals surface area contributed by atoms with E-state index in [-0.39, 0.29) is 11.9 Å². The molecule has 1 fully saturated rings. The summed E-state index contributed by atoms with van der Waals surface area (Å²) in [6, 6.07) is 10.4. The lowest BCUT2D eigenvalue weighted by Gasteiger charge is -2.33. The lowest BCUT2D eigenvalue weighted by atomic mass is 10.1. The number of carbonyl (C=O) groups excluding carboxylic acids is 1. The molecule has 1 unspecified atom stereocenters. The predicted molar refractivity (Wildman–Crippen MR) is 85.9 cm³/mol. The first-order valence-corrected chi connectivity index (χ1v) is 7.75. The summed E-state index contributed by atoms with van der Waals surface area (Å²) in [6.45, 7) is 7.19. The van der Waals surface area contributed by atoms with Crippen LogP contribution in [0.3, 0.4) is 0 Å². The van der Waals surface area contributed by atoms with Gasteiger partial charge in [-0.05, 0) is 19.4 Å². The van der Waals surface area contributed by atoms with Crippen molar-refractivity contribution in [1.82, 2.24) is 20.0 Å².